The summed E-state index contributed by atoms with van der Waals surface area (Å²) in [5.74, 6) is 0. The number of hydrogen-bond donors (Lipinski definition) is 4. The third-order valence-electron chi connectivity index (χ3n) is 5.48. The van der Waals surface area contributed by atoms with Crippen LogP contribution in [0, 0.1) is 6.92 Å². The topological polar surface area (TPSA) is 90.2 Å². The molecule has 1 aliphatic heterocycles. The van der Waals surface area contributed by atoms with Crippen molar-refractivity contribution in [2.45, 2.75) is 57.0 Å². The first-order chi connectivity index (χ1) is 13.4. The summed E-state index contributed by atoms with van der Waals surface area (Å²) < 4.78 is 20.9. The SMILES string of the molecule is CCc1ccc(C(F)c2cc(C3OC(CO)C(O)C(O)C3O)ccc2C)cc1. The van der Waals surface area contributed by atoms with E-state index < -0.39 is 43.3 Å². The van der Waals surface area contributed by atoms with Crippen molar-refractivity contribution in [2.24, 2.45) is 0 Å². The van der Waals surface area contributed by atoms with Gasteiger partial charge in [0.15, 0.2) is 6.17 Å². The predicted molar refractivity (Wildman–Crippen MR) is 103 cm³/mol. The van der Waals surface area contributed by atoms with Gasteiger partial charge in [0.2, 0.25) is 0 Å². The molecule has 1 aliphatic rings. The smallest absolute Gasteiger partial charge is 0.151 e. The van der Waals surface area contributed by atoms with Gasteiger partial charge in [0.05, 0.1) is 6.61 Å². The van der Waals surface area contributed by atoms with Gasteiger partial charge >= 0.3 is 0 Å². The zero-order valence-electron chi connectivity index (χ0n) is 16.0. The molecule has 152 valence electrons. The fraction of sp³-hybridized carbons (Fsp3) is 0.455. The summed E-state index contributed by atoms with van der Waals surface area (Å²) in [6.07, 6.45) is -6.75. The van der Waals surface area contributed by atoms with E-state index in [9.17, 15) is 20.4 Å². The maximum absolute atomic E-state index is 15.3. The van der Waals surface area contributed by atoms with Crippen LogP contribution in [0.5, 0.6) is 0 Å². The number of aryl methyl sites for hydroxylation is 2. The van der Waals surface area contributed by atoms with Crippen LogP contribution in [0.2, 0.25) is 0 Å². The second-order valence-electron chi connectivity index (χ2n) is 7.32. The Labute approximate surface area is 164 Å². The zero-order valence-corrected chi connectivity index (χ0v) is 16.0. The predicted octanol–water partition coefficient (Wildman–Crippen LogP) is 2.13. The summed E-state index contributed by atoms with van der Waals surface area (Å²) in [5.41, 5.74) is 3.33. The molecule has 6 heteroatoms. The Morgan fingerprint density at radius 2 is 1.68 bits per heavy atom. The van der Waals surface area contributed by atoms with Crippen molar-refractivity contribution in [3.8, 4) is 0 Å². The van der Waals surface area contributed by atoms with Crippen LogP contribution in [0.15, 0.2) is 42.5 Å². The lowest BCUT2D eigenvalue weighted by atomic mass is 9.88. The van der Waals surface area contributed by atoms with Crippen LogP contribution >= 0.6 is 0 Å². The summed E-state index contributed by atoms with van der Waals surface area (Å²) in [7, 11) is 0. The van der Waals surface area contributed by atoms with Crippen molar-refractivity contribution in [1.29, 1.82) is 0 Å². The average molecular weight is 390 g/mol. The van der Waals surface area contributed by atoms with Gasteiger partial charge in [-0.25, -0.2) is 4.39 Å². The van der Waals surface area contributed by atoms with E-state index in [1.165, 1.54) is 0 Å². The second-order valence-corrected chi connectivity index (χ2v) is 7.32. The molecule has 6 atom stereocenters. The van der Waals surface area contributed by atoms with E-state index in [1.807, 2.05) is 19.1 Å². The van der Waals surface area contributed by atoms with Crippen molar-refractivity contribution in [3.63, 3.8) is 0 Å². The van der Waals surface area contributed by atoms with Gasteiger partial charge < -0.3 is 25.2 Å². The standard InChI is InChI=1S/C22H27FO5/c1-3-13-5-8-14(9-6-13)18(23)16-10-15(7-4-12(16)2)22-21(27)20(26)19(25)17(11-24)28-22/h4-10,17-22,24-27H,3,11H2,1-2H3. The third-order valence-corrected chi connectivity index (χ3v) is 5.48. The molecule has 2 aromatic rings. The molecule has 0 bridgehead atoms. The van der Waals surface area contributed by atoms with E-state index in [1.54, 1.807) is 37.3 Å². The summed E-state index contributed by atoms with van der Waals surface area (Å²) in [6.45, 7) is 3.34. The highest BCUT2D eigenvalue weighted by atomic mass is 19.1. The maximum atomic E-state index is 15.3. The minimum Gasteiger partial charge on any atom is -0.394 e. The van der Waals surface area contributed by atoms with Crippen molar-refractivity contribution in [2.75, 3.05) is 6.61 Å². The quantitative estimate of drug-likeness (QED) is 0.628. The lowest BCUT2D eigenvalue weighted by Crippen LogP contribution is -2.55. The van der Waals surface area contributed by atoms with Crippen LogP contribution in [0.4, 0.5) is 4.39 Å². The van der Waals surface area contributed by atoms with E-state index in [2.05, 4.69) is 0 Å². The number of ether oxygens (including phenoxy) is 1. The van der Waals surface area contributed by atoms with Crippen LogP contribution in [0.25, 0.3) is 0 Å². The molecular formula is C22H27FO5. The first kappa shape index (κ1) is 20.9. The largest absolute Gasteiger partial charge is 0.394 e. The monoisotopic (exact) mass is 390 g/mol. The molecule has 0 aliphatic carbocycles. The number of alkyl halides is 1. The Hall–Kier alpha value is -1.83. The minimum absolute atomic E-state index is 0.443. The van der Waals surface area contributed by atoms with E-state index >= 15 is 4.39 Å². The molecule has 5 nitrogen and oxygen atoms in total. The molecule has 6 unspecified atom stereocenters. The molecule has 28 heavy (non-hydrogen) atoms. The highest BCUT2D eigenvalue weighted by Gasteiger charge is 2.44. The number of rotatable bonds is 5. The Bertz CT molecular complexity index is 792. The Kier molecular flexibility index (Phi) is 6.47. The minimum atomic E-state index is -1.47. The highest BCUT2D eigenvalue weighted by Crippen LogP contribution is 2.36. The Morgan fingerprint density at radius 1 is 1.00 bits per heavy atom. The van der Waals surface area contributed by atoms with Crippen LogP contribution in [0.1, 0.15) is 47.0 Å². The van der Waals surface area contributed by atoms with Crippen LogP contribution in [-0.2, 0) is 11.2 Å². The molecule has 0 saturated carbocycles. The van der Waals surface area contributed by atoms with Gasteiger partial charge in [-0.15, -0.1) is 0 Å². The maximum Gasteiger partial charge on any atom is 0.151 e. The van der Waals surface area contributed by atoms with E-state index in [0.717, 1.165) is 17.5 Å². The Balaban J connectivity index is 1.92. The van der Waals surface area contributed by atoms with Gasteiger partial charge in [0.25, 0.3) is 0 Å². The third kappa shape index (κ3) is 3.97. The fourth-order valence-corrected chi connectivity index (χ4v) is 3.59. The van der Waals surface area contributed by atoms with Crippen molar-refractivity contribution in [3.05, 3.63) is 70.3 Å². The zero-order chi connectivity index (χ0) is 20.4. The molecular weight excluding hydrogens is 363 g/mol. The van der Waals surface area contributed by atoms with Crippen molar-refractivity contribution in [1.82, 2.24) is 0 Å². The second kappa shape index (κ2) is 8.68. The van der Waals surface area contributed by atoms with Gasteiger partial charge in [0.1, 0.15) is 30.5 Å². The van der Waals surface area contributed by atoms with Crippen LogP contribution in [0.3, 0.4) is 0 Å². The molecule has 0 aromatic heterocycles. The van der Waals surface area contributed by atoms with Gasteiger partial charge in [-0.05, 0) is 47.2 Å². The van der Waals surface area contributed by atoms with Crippen LogP contribution in [-0.4, -0.2) is 51.4 Å². The Morgan fingerprint density at radius 3 is 2.29 bits per heavy atom. The molecule has 0 spiro atoms. The van der Waals surface area contributed by atoms with Gasteiger partial charge in [-0.1, -0.05) is 43.3 Å². The molecule has 0 amide bonds. The molecule has 3 rings (SSSR count). The molecule has 1 fully saturated rings. The molecule has 0 radical (unpaired) electrons. The lowest BCUT2D eigenvalue weighted by Gasteiger charge is -2.40. The summed E-state index contributed by atoms with van der Waals surface area (Å²) in [4.78, 5) is 0. The number of aliphatic hydroxyl groups is 4. The first-order valence-electron chi connectivity index (χ1n) is 9.51. The van der Waals surface area contributed by atoms with Crippen LogP contribution < -0.4 is 0 Å². The average Bonchev–Trinajstić information content (AvgIpc) is 2.72. The molecule has 4 N–H and O–H groups in total. The summed E-state index contributed by atoms with van der Waals surface area (Å²) in [6, 6.07) is 12.4. The number of halogens is 1. The van der Waals surface area contributed by atoms with E-state index in [-0.39, 0.29) is 0 Å². The molecule has 2 aromatic carbocycles. The first-order valence-corrected chi connectivity index (χ1v) is 9.51. The van der Waals surface area contributed by atoms with Gasteiger partial charge in [0, 0.05) is 0 Å². The molecule has 1 saturated heterocycles. The number of aliphatic hydroxyl groups excluding tert-OH is 4. The normalized spacial score (nSPS) is 28.9. The number of benzene rings is 2. The molecule has 1 heterocycles. The van der Waals surface area contributed by atoms with Gasteiger partial charge in [-0.3, -0.25) is 0 Å². The fourth-order valence-electron chi connectivity index (χ4n) is 3.59. The number of hydrogen-bond acceptors (Lipinski definition) is 5. The highest BCUT2D eigenvalue weighted by molar-refractivity contribution is 5.40. The summed E-state index contributed by atoms with van der Waals surface area (Å²) >= 11 is 0. The van der Waals surface area contributed by atoms with Crippen molar-refractivity contribution < 1.29 is 29.6 Å². The van der Waals surface area contributed by atoms with Crippen molar-refractivity contribution >= 4 is 0 Å². The summed E-state index contributed by atoms with van der Waals surface area (Å²) in [5, 5.41) is 39.7. The van der Waals surface area contributed by atoms with E-state index in [0.29, 0.717) is 16.7 Å². The lowest BCUT2D eigenvalue weighted by molar-refractivity contribution is -0.231. The van der Waals surface area contributed by atoms with E-state index in [4.69, 9.17) is 4.74 Å². The van der Waals surface area contributed by atoms with Gasteiger partial charge in [-0.2, -0.15) is 0 Å².